The number of nitrogens with zero attached hydrogens (tertiary/aromatic N) is 2. The van der Waals surface area contributed by atoms with Crippen LogP contribution < -0.4 is 0 Å². The van der Waals surface area contributed by atoms with Gasteiger partial charge in [-0.15, -0.1) is 0 Å². The molecule has 2 aromatic rings. The molecule has 0 aliphatic carbocycles. The van der Waals surface area contributed by atoms with Crippen molar-refractivity contribution in [3.63, 3.8) is 0 Å². The first kappa shape index (κ1) is 17.8. The number of Topliss-reactive ketones (excluding diaryl/α,β-unsaturated/α-hetero) is 1. The minimum absolute atomic E-state index is 0.223. The van der Waals surface area contributed by atoms with Gasteiger partial charge < -0.3 is 4.90 Å². The lowest BCUT2D eigenvalue weighted by Crippen LogP contribution is -2.46. The molecule has 0 unspecified atom stereocenters. The van der Waals surface area contributed by atoms with E-state index in [4.69, 9.17) is 0 Å². The van der Waals surface area contributed by atoms with E-state index in [0.29, 0.717) is 6.42 Å². The number of ketones is 1. The van der Waals surface area contributed by atoms with Gasteiger partial charge in [-0.3, -0.25) is 9.69 Å². The number of carbonyl (C=O) groups is 1. The van der Waals surface area contributed by atoms with Crippen molar-refractivity contribution in [2.24, 2.45) is 0 Å². The lowest BCUT2D eigenvalue weighted by atomic mass is 10.0. The molecule has 1 heterocycles. The molecule has 1 fully saturated rings. The summed E-state index contributed by atoms with van der Waals surface area (Å²) in [5.74, 6) is 0.223. The number of piperazine rings is 1. The summed E-state index contributed by atoms with van der Waals surface area (Å²) in [7, 11) is 0. The molecule has 1 saturated heterocycles. The summed E-state index contributed by atoms with van der Waals surface area (Å²) in [5, 5.41) is 0. The van der Waals surface area contributed by atoms with Gasteiger partial charge in [-0.25, -0.2) is 0 Å². The van der Waals surface area contributed by atoms with Gasteiger partial charge in [-0.1, -0.05) is 61.5 Å². The zero-order valence-electron chi connectivity index (χ0n) is 15.2. The van der Waals surface area contributed by atoms with E-state index in [1.807, 2.05) is 19.1 Å². The first-order chi connectivity index (χ1) is 12.2. The van der Waals surface area contributed by atoms with Crippen LogP contribution in [0.2, 0.25) is 0 Å². The van der Waals surface area contributed by atoms with Gasteiger partial charge in [-0.05, 0) is 17.5 Å². The van der Waals surface area contributed by atoms with Crippen LogP contribution in [0.15, 0.2) is 54.6 Å². The van der Waals surface area contributed by atoms with Crippen molar-refractivity contribution in [1.29, 1.82) is 0 Å². The van der Waals surface area contributed by atoms with Gasteiger partial charge >= 0.3 is 0 Å². The average Bonchev–Trinajstić information content (AvgIpc) is 2.68. The Morgan fingerprint density at radius 1 is 0.840 bits per heavy atom. The highest BCUT2D eigenvalue weighted by molar-refractivity contribution is 5.95. The number of benzene rings is 2. The summed E-state index contributed by atoms with van der Waals surface area (Å²) in [6.07, 6.45) is 1.63. The number of carbonyl (C=O) groups excluding carboxylic acids is 1. The van der Waals surface area contributed by atoms with Crippen molar-refractivity contribution in [2.75, 3.05) is 32.7 Å². The third kappa shape index (κ3) is 5.25. The normalized spacial score (nSPS) is 16.0. The Labute approximate surface area is 151 Å². The lowest BCUT2D eigenvalue weighted by Gasteiger charge is -2.34. The van der Waals surface area contributed by atoms with E-state index in [-0.39, 0.29) is 5.78 Å². The van der Waals surface area contributed by atoms with E-state index in [9.17, 15) is 4.79 Å². The van der Waals surface area contributed by atoms with Crippen molar-refractivity contribution in [3.8, 4) is 0 Å². The summed E-state index contributed by atoms with van der Waals surface area (Å²) in [6.45, 7) is 8.62. The molecule has 0 aromatic heterocycles. The van der Waals surface area contributed by atoms with Crippen LogP contribution in [0, 0.1) is 0 Å². The Morgan fingerprint density at radius 3 is 2.12 bits per heavy atom. The van der Waals surface area contributed by atoms with Gasteiger partial charge in [0.15, 0.2) is 5.78 Å². The van der Waals surface area contributed by atoms with Crippen molar-refractivity contribution < 1.29 is 4.79 Å². The average molecular weight is 336 g/mol. The Kier molecular flexibility index (Phi) is 6.37. The minimum Gasteiger partial charge on any atom is -0.300 e. The molecule has 0 N–H and O–H groups in total. The molecule has 2 aromatic carbocycles. The molecule has 0 spiro atoms. The van der Waals surface area contributed by atoms with Crippen molar-refractivity contribution in [1.82, 2.24) is 9.80 Å². The molecule has 3 nitrogen and oxygen atoms in total. The van der Waals surface area contributed by atoms with Crippen molar-refractivity contribution >= 4 is 5.78 Å². The molecular formula is C22H28N2O. The van der Waals surface area contributed by atoms with E-state index in [1.165, 1.54) is 11.1 Å². The second kappa shape index (κ2) is 8.93. The zero-order valence-corrected chi connectivity index (χ0v) is 15.2. The Morgan fingerprint density at radius 2 is 1.48 bits per heavy atom. The van der Waals surface area contributed by atoms with Gasteiger partial charge in [0.25, 0.3) is 0 Å². The highest BCUT2D eigenvalue weighted by Gasteiger charge is 2.16. The first-order valence-corrected chi connectivity index (χ1v) is 9.35. The van der Waals surface area contributed by atoms with Crippen molar-refractivity contribution in [2.45, 2.75) is 26.3 Å². The van der Waals surface area contributed by atoms with E-state index >= 15 is 0 Å². The predicted octanol–water partition coefficient (Wildman–Crippen LogP) is 3.64. The molecule has 1 aliphatic heterocycles. The van der Waals surface area contributed by atoms with E-state index < -0.39 is 0 Å². The molecule has 25 heavy (non-hydrogen) atoms. The largest absolute Gasteiger partial charge is 0.300 e. The Bertz CT molecular complexity index is 658. The third-order valence-corrected chi connectivity index (χ3v) is 5.03. The highest BCUT2D eigenvalue weighted by Crippen LogP contribution is 2.11. The van der Waals surface area contributed by atoms with E-state index in [1.54, 1.807) is 0 Å². The molecule has 1 aliphatic rings. The van der Waals surface area contributed by atoms with Crippen LogP contribution in [0.4, 0.5) is 0 Å². The summed E-state index contributed by atoms with van der Waals surface area (Å²) in [6, 6.07) is 18.9. The monoisotopic (exact) mass is 336 g/mol. The van der Waals surface area contributed by atoms with Crippen LogP contribution in [-0.2, 0) is 13.0 Å². The molecule has 0 amide bonds. The zero-order chi connectivity index (χ0) is 17.5. The standard InChI is InChI=1S/C22H28N2O/c1-2-22(25)21-10-8-19(9-11-21)12-13-23-14-16-24(17-15-23)18-20-6-4-3-5-7-20/h3-11H,2,12-18H2,1H3. The molecule has 0 bridgehead atoms. The smallest absolute Gasteiger partial charge is 0.162 e. The maximum atomic E-state index is 11.7. The fourth-order valence-electron chi connectivity index (χ4n) is 3.36. The van der Waals surface area contributed by atoms with Gasteiger partial charge in [0.1, 0.15) is 0 Å². The summed E-state index contributed by atoms with van der Waals surface area (Å²) < 4.78 is 0. The maximum absolute atomic E-state index is 11.7. The molecule has 0 atom stereocenters. The third-order valence-electron chi connectivity index (χ3n) is 5.03. The highest BCUT2D eigenvalue weighted by atomic mass is 16.1. The van der Waals surface area contributed by atoms with Gasteiger partial charge in [0, 0.05) is 51.3 Å². The van der Waals surface area contributed by atoms with Crippen LogP contribution in [0.3, 0.4) is 0 Å². The van der Waals surface area contributed by atoms with Gasteiger partial charge in [0.05, 0.1) is 0 Å². The number of rotatable bonds is 7. The minimum atomic E-state index is 0.223. The molecular weight excluding hydrogens is 308 g/mol. The fourth-order valence-corrected chi connectivity index (χ4v) is 3.36. The van der Waals surface area contributed by atoms with Crippen LogP contribution >= 0.6 is 0 Å². The van der Waals surface area contributed by atoms with E-state index in [2.05, 4.69) is 52.3 Å². The van der Waals surface area contributed by atoms with Gasteiger partial charge in [-0.2, -0.15) is 0 Å². The first-order valence-electron chi connectivity index (χ1n) is 9.35. The van der Waals surface area contributed by atoms with Crippen LogP contribution in [-0.4, -0.2) is 48.3 Å². The molecule has 3 heteroatoms. The number of hydrogen-bond donors (Lipinski definition) is 0. The second-order valence-corrected chi connectivity index (χ2v) is 6.83. The SMILES string of the molecule is CCC(=O)c1ccc(CCN2CCN(Cc3ccccc3)CC2)cc1. The quantitative estimate of drug-likeness (QED) is 0.721. The summed E-state index contributed by atoms with van der Waals surface area (Å²) in [5.41, 5.74) is 3.55. The summed E-state index contributed by atoms with van der Waals surface area (Å²) in [4.78, 5) is 16.8. The Hall–Kier alpha value is -1.97. The fraction of sp³-hybridized carbons (Fsp3) is 0.409. The molecule has 132 valence electrons. The van der Waals surface area contributed by atoms with Crippen LogP contribution in [0.25, 0.3) is 0 Å². The second-order valence-electron chi connectivity index (χ2n) is 6.83. The maximum Gasteiger partial charge on any atom is 0.162 e. The predicted molar refractivity (Wildman–Crippen MR) is 103 cm³/mol. The van der Waals surface area contributed by atoms with Crippen LogP contribution in [0.1, 0.15) is 34.8 Å². The molecule has 0 saturated carbocycles. The van der Waals surface area contributed by atoms with Gasteiger partial charge in [0.2, 0.25) is 0 Å². The summed E-state index contributed by atoms with van der Waals surface area (Å²) >= 11 is 0. The number of hydrogen-bond acceptors (Lipinski definition) is 3. The topological polar surface area (TPSA) is 23.6 Å². The Balaban J connectivity index is 1.41. The molecule has 0 radical (unpaired) electrons. The molecule has 3 rings (SSSR count). The van der Waals surface area contributed by atoms with Crippen LogP contribution in [0.5, 0.6) is 0 Å². The van der Waals surface area contributed by atoms with E-state index in [0.717, 1.165) is 51.3 Å². The lowest BCUT2D eigenvalue weighted by molar-refractivity contribution is 0.0988. The van der Waals surface area contributed by atoms with Crippen molar-refractivity contribution in [3.05, 3.63) is 71.3 Å².